The first-order chi connectivity index (χ1) is 9.08. The maximum absolute atomic E-state index is 6.19. The second-order valence-corrected chi connectivity index (χ2v) is 5.24. The molecule has 2 N–H and O–H groups in total. The van der Waals surface area contributed by atoms with Gasteiger partial charge >= 0.3 is 0 Å². The Labute approximate surface area is 122 Å². The minimum atomic E-state index is 0.450. The number of nitrogens with two attached hydrogens (primary N) is 1. The van der Waals surface area contributed by atoms with Crippen LogP contribution in [0.1, 0.15) is 18.3 Å². The fourth-order valence-corrected chi connectivity index (χ4v) is 2.74. The topological polar surface area (TPSA) is 43.8 Å². The molecule has 0 aliphatic rings. The number of imidazole rings is 1. The predicted octanol–water partition coefficient (Wildman–Crippen LogP) is 3.40. The lowest BCUT2D eigenvalue weighted by Crippen LogP contribution is -2.05. The maximum atomic E-state index is 6.19. The molecule has 0 unspecified atom stereocenters. The molecule has 4 heteroatoms. The van der Waals surface area contributed by atoms with Crippen molar-refractivity contribution in [2.24, 2.45) is 0 Å². The Balaban J connectivity index is 2.60. The van der Waals surface area contributed by atoms with Gasteiger partial charge in [0.05, 0.1) is 6.54 Å². The third-order valence-electron chi connectivity index (χ3n) is 3.03. The van der Waals surface area contributed by atoms with Gasteiger partial charge in [0.2, 0.25) is 0 Å². The van der Waals surface area contributed by atoms with Crippen LogP contribution in [0.4, 0.5) is 5.82 Å². The summed E-state index contributed by atoms with van der Waals surface area (Å²) >= 11 is 3.57. The van der Waals surface area contributed by atoms with Crippen LogP contribution in [0.15, 0.2) is 22.7 Å². The molecule has 1 aromatic heterocycles. The molecule has 3 nitrogen and oxygen atoms in total. The summed E-state index contributed by atoms with van der Waals surface area (Å²) in [5, 5.41) is 0. The van der Waals surface area contributed by atoms with Gasteiger partial charge in [-0.2, -0.15) is 0 Å². The first kappa shape index (κ1) is 13.7. The van der Waals surface area contributed by atoms with Crippen molar-refractivity contribution in [3.05, 3.63) is 34.1 Å². The Morgan fingerprint density at radius 2 is 2.21 bits per heavy atom. The zero-order valence-electron chi connectivity index (χ0n) is 11.1. The van der Waals surface area contributed by atoms with Crippen LogP contribution < -0.4 is 5.73 Å². The van der Waals surface area contributed by atoms with Crippen LogP contribution >= 0.6 is 15.9 Å². The summed E-state index contributed by atoms with van der Waals surface area (Å²) in [6, 6.07) is 6.13. The van der Waals surface area contributed by atoms with Gasteiger partial charge in [-0.1, -0.05) is 40.9 Å². The van der Waals surface area contributed by atoms with Crippen molar-refractivity contribution in [1.29, 1.82) is 0 Å². The summed E-state index contributed by atoms with van der Waals surface area (Å²) in [5.74, 6) is 4.16. The van der Waals surface area contributed by atoms with Gasteiger partial charge in [0.25, 0.3) is 0 Å². The molecule has 98 valence electrons. The third kappa shape index (κ3) is 2.52. The molecule has 2 aromatic rings. The number of halogens is 1. The van der Waals surface area contributed by atoms with Crippen LogP contribution in [0.2, 0.25) is 0 Å². The molecule has 19 heavy (non-hydrogen) atoms. The van der Waals surface area contributed by atoms with E-state index in [0.717, 1.165) is 28.0 Å². The summed E-state index contributed by atoms with van der Waals surface area (Å²) < 4.78 is 2.88. The van der Waals surface area contributed by atoms with Gasteiger partial charge < -0.3 is 10.3 Å². The highest BCUT2D eigenvalue weighted by Crippen LogP contribution is 2.33. The molecule has 1 aromatic carbocycles. The minimum Gasteiger partial charge on any atom is -0.383 e. The molecular formula is C15H16BrN3. The van der Waals surface area contributed by atoms with Crippen molar-refractivity contribution in [3.63, 3.8) is 0 Å². The third-order valence-corrected chi connectivity index (χ3v) is 3.69. The number of hydrogen-bond acceptors (Lipinski definition) is 2. The Morgan fingerprint density at radius 3 is 2.79 bits per heavy atom. The van der Waals surface area contributed by atoms with Crippen LogP contribution in [-0.4, -0.2) is 9.55 Å². The molecule has 0 atom stereocenters. The van der Waals surface area contributed by atoms with Gasteiger partial charge in [0, 0.05) is 16.5 Å². The van der Waals surface area contributed by atoms with Gasteiger partial charge in [-0.05, 0) is 18.6 Å². The Kier molecular flexibility index (Phi) is 3.96. The van der Waals surface area contributed by atoms with E-state index in [2.05, 4.69) is 32.9 Å². The SMILES string of the molecule is C#CCn1c(CC)nc(-c2ccc(C)cc2Br)c1N. The average molecular weight is 318 g/mol. The van der Waals surface area contributed by atoms with Gasteiger partial charge in [-0.3, -0.25) is 0 Å². The van der Waals surface area contributed by atoms with E-state index in [-0.39, 0.29) is 0 Å². The number of nitrogen functional groups attached to an aromatic ring is 1. The summed E-state index contributed by atoms with van der Waals surface area (Å²) in [7, 11) is 0. The van der Waals surface area contributed by atoms with Crippen LogP contribution in [0.3, 0.4) is 0 Å². The minimum absolute atomic E-state index is 0.450. The van der Waals surface area contributed by atoms with Gasteiger partial charge in [-0.25, -0.2) is 4.98 Å². The fourth-order valence-electron chi connectivity index (χ4n) is 2.06. The summed E-state index contributed by atoms with van der Waals surface area (Å²) in [5.41, 5.74) is 9.16. The number of benzene rings is 1. The molecular weight excluding hydrogens is 302 g/mol. The van der Waals surface area contributed by atoms with Crippen LogP contribution in [-0.2, 0) is 13.0 Å². The summed E-state index contributed by atoms with van der Waals surface area (Å²) in [6.07, 6.45) is 6.19. The molecule has 0 aliphatic heterocycles. The highest BCUT2D eigenvalue weighted by Gasteiger charge is 2.16. The molecule has 0 radical (unpaired) electrons. The van der Waals surface area contributed by atoms with E-state index in [1.165, 1.54) is 5.56 Å². The lowest BCUT2D eigenvalue weighted by molar-refractivity contribution is 0.769. The van der Waals surface area contributed by atoms with Crippen LogP contribution in [0.5, 0.6) is 0 Å². The highest BCUT2D eigenvalue weighted by atomic mass is 79.9. The average Bonchev–Trinajstić information content (AvgIpc) is 2.68. The molecule has 0 saturated carbocycles. The number of aryl methyl sites for hydroxylation is 2. The predicted molar refractivity (Wildman–Crippen MR) is 82.7 cm³/mol. The molecule has 0 saturated heterocycles. The van der Waals surface area contributed by atoms with Crippen molar-refractivity contribution in [2.45, 2.75) is 26.8 Å². The first-order valence-corrected chi connectivity index (χ1v) is 6.92. The van der Waals surface area contributed by atoms with E-state index in [9.17, 15) is 0 Å². The first-order valence-electron chi connectivity index (χ1n) is 6.13. The maximum Gasteiger partial charge on any atom is 0.132 e. The largest absolute Gasteiger partial charge is 0.383 e. The van der Waals surface area contributed by atoms with E-state index in [0.29, 0.717) is 12.4 Å². The zero-order chi connectivity index (χ0) is 14.0. The molecule has 0 spiro atoms. The lowest BCUT2D eigenvalue weighted by atomic mass is 10.1. The monoisotopic (exact) mass is 317 g/mol. The van der Waals surface area contributed by atoms with Crippen LogP contribution in [0.25, 0.3) is 11.3 Å². The number of nitrogens with zero attached hydrogens (tertiary/aromatic N) is 2. The standard InChI is InChI=1S/C15H16BrN3/c1-4-8-19-13(5-2)18-14(15(19)17)11-7-6-10(3)9-12(11)16/h1,6-7,9H,5,8,17H2,2-3H3. The fraction of sp³-hybridized carbons (Fsp3) is 0.267. The number of hydrogen-bond donors (Lipinski definition) is 1. The van der Waals surface area contributed by atoms with Crippen molar-refractivity contribution in [1.82, 2.24) is 9.55 Å². The quantitative estimate of drug-likeness (QED) is 0.882. The number of aromatic nitrogens is 2. The second kappa shape index (κ2) is 5.50. The van der Waals surface area contributed by atoms with Gasteiger partial charge in [0.15, 0.2) is 0 Å². The van der Waals surface area contributed by atoms with Crippen molar-refractivity contribution >= 4 is 21.7 Å². The molecule has 1 heterocycles. The van der Waals surface area contributed by atoms with Crippen molar-refractivity contribution < 1.29 is 0 Å². The molecule has 2 rings (SSSR count). The van der Waals surface area contributed by atoms with Crippen molar-refractivity contribution in [3.8, 4) is 23.6 Å². The highest BCUT2D eigenvalue weighted by molar-refractivity contribution is 9.10. The Bertz CT molecular complexity index is 650. The normalized spacial score (nSPS) is 10.4. The Morgan fingerprint density at radius 1 is 1.47 bits per heavy atom. The van der Waals surface area contributed by atoms with Crippen molar-refractivity contribution in [2.75, 3.05) is 5.73 Å². The van der Waals surface area contributed by atoms with E-state index in [1.54, 1.807) is 0 Å². The van der Waals surface area contributed by atoms with E-state index in [4.69, 9.17) is 12.2 Å². The molecule has 0 fully saturated rings. The molecule has 0 bridgehead atoms. The molecule has 0 aliphatic carbocycles. The van der Waals surface area contributed by atoms with E-state index >= 15 is 0 Å². The zero-order valence-corrected chi connectivity index (χ0v) is 12.7. The van der Waals surface area contributed by atoms with E-state index < -0.39 is 0 Å². The Hall–Kier alpha value is -1.73. The second-order valence-electron chi connectivity index (χ2n) is 4.39. The number of rotatable bonds is 3. The molecule has 0 amide bonds. The number of anilines is 1. The van der Waals surface area contributed by atoms with Gasteiger partial charge in [-0.15, -0.1) is 6.42 Å². The van der Waals surface area contributed by atoms with E-state index in [1.807, 2.05) is 30.5 Å². The summed E-state index contributed by atoms with van der Waals surface area (Å²) in [4.78, 5) is 4.62. The lowest BCUT2D eigenvalue weighted by Gasteiger charge is -2.05. The summed E-state index contributed by atoms with van der Waals surface area (Å²) in [6.45, 7) is 4.54. The smallest absolute Gasteiger partial charge is 0.132 e. The van der Waals surface area contributed by atoms with Gasteiger partial charge in [0.1, 0.15) is 17.3 Å². The number of terminal acetylenes is 1. The van der Waals surface area contributed by atoms with Crippen LogP contribution in [0, 0.1) is 19.3 Å².